The lowest BCUT2D eigenvalue weighted by molar-refractivity contribution is 0.628. The van der Waals surface area contributed by atoms with E-state index in [1.165, 1.54) is 12.1 Å². The summed E-state index contributed by atoms with van der Waals surface area (Å²) in [5, 5.41) is 3.06. The Morgan fingerprint density at radius 1 is 0.833 bits per heavy atom. The molecule has 7 nitrogen and oxygen atoms in total. The van der Waals surface area contributed by atoms with Gasteiger partial charge in [-0.15, -0.1) is 0 Å². The van der Waals surface area contributed by atoms with Gasteiger partial charge < -0.3 is 16.2 Å². The number of nitrogens with one attached hydrogen (secondary N) is 3. The first-order valence-corrected chi connectivity index (χ1v) is 7.14. The third-order valence-electron chi connectivity index (χ3n) is 3.33. The molecule has 0 fully saturated rings. The number of aromatic nitrogens is 2. The van der Waals surface area contributed by atoms with E-state index in [9.17, 15) is 4.39 Å². The molecule has 122 valence electrons. The minimum Gasteiger partial charge on any atom is -0.324 e. The summed E-state index contributed by atoms with van der Waals surface area (Å²) in [5.74, 6) is 11.7. The van der Waals surface area contributed by atoms with Crippen LogP contribution in [0.1, 0.15) is 0 Å². The lowest BCUT2D eigenvalue weighted by Gasteiger charge is -2.15. The Morgan fingerprint density at radius 3 is 2.08 bits per heavy atom. The van der Waals surface area contributed by atoms with E-state index in [4.69, 9.17) is 11.7 Å². The number of nitrogen functional groups attached to an aromatic ring is 2. The van der Waals surface area contributed by atoms with Crippen LogP contribution < -0.4 is 27.9 Å². The molecule has 0 spiro atoms. The van der Waals surface area contributed by atoms with Crippen LogP contribution in [0.3, 0.4) is 0 Å². The topological polar surface area (TPSA) is 114 Å². The zero-order valence-corrected chi connectivity index (χ0v) is 12.6. The number of hydrogen-bond acceptors (Lipinski definition) is 7. The van der Waals surface area contributed by atoms with Gasteiger partial charge in [-0.2, -0.15) is 9.97 Å². The summed E-state index contributed by atoms with van der Waals surface area (Å²) in [4.78, 5) is 8.65. The van der Waals surface area contributed by atoms with E-state index in [0.717, 1.165) is 5.69 Å². The highest BCUT2D eigenvalue weighted by Gasteiger charge is 2.16. The number of anilines is 4. The fraction of sp³-hybridized carbons (Fsp3) is 0. The van der Waals surface area contributed by atoms with Gasteiger partial charge in [0.15, 0.2) is 11.6 Å². The molecule has 0 aliphatic carbocycles. The maximum atomic E-state index is 13.5. The molecule has 0 aliphatic rings. The Morgan fingerprint density at radius 2 is 1.50 bits per heavy atom. The molecule has 0 amide bonds. The van der Waals surface area contributed by atoms with Gasteiger partial charge in [-0.05, 0) is 29.8 Å². The van der Waals surface area contributed by atoms with Crippen LogP contribution in [-0.2, 0) is 0 Å². The number of halogens is 1. The van der Waals surface area contributed by atoms with Crippen molar-refractivity contribution in [3.8, 4) is 11.1 Å². The summed E-state index contributed by atoms with van der Waals surface area (Å²) in [6.45, 7) is 0. The molecule has 3 aromatic rings. The van der Waals surface area contributed by atoms with E-state index in [-0.39, 0.29) is 5.82 Å². The van der Waals surface area contributed by atoms with Gasteiger partial charge in [-0.25, -0.2) is 16.1 Å². The molecule has 24 heavy (non-hydrogen) atoms. The van der Waals surface area contributed by atoms with Crippen molar-refractivity contribution in [1.82, 2.24) is 9.97 Å². The van der Waals surface area contributed by atoms with E-state index in [2.05, 4.69) is 26.1 Å². The largest absolute Gasteiger partial charge is 0.324 e. The summed E-state index contributed by atoms with van der Waals surface area (Å²) in [5.41, 5.74) is 6.83. The second-order valence-corrected chi connectivity index (χ2v) is 4.91. The lowest BCUT2D eigenvalue weighted by atomic mass is 10.1. The molecule has 8 heteroatoms. The molecule has 0 radical (unpaired) electrons. The highest BCUT2D eigenvalue weighted by molar-refractivity contribution is 5.85. The van der Waals surface area contributed by atoms with Crippen molar-refractivity contribution in [2.24, 2.45) is 11.7 Å². The van der Waals surface area contributed by atoms with E-state index in [1.54, 1.807) is 12.1 Å². The van der Waals surface area contributed by atoms with Gasteiger partial charge in [-0.1, -0.05) is 30.3 Å². The number of hydrazine groups is 2. The Labute approximate surface area is 137 Å². The first kappa shape index (κ1) is 15.7. The molecule has 0 bridgehead atoms. The first-order valence-electron chi connectivity index (χ1n) is 7.14. The predicted molar refractivity (Wildman–Crippen MR) is 92.8 cm³/mol. The molecule has 0 saturated carbocycles. The number of rotatable bonds is 5. The van der Waals surface area contributed by atoms with Gasteiger partial charge >= 0.3 is 0 Å². The average molecular weight is 325 g/mol. The molecule has 3 rings (SSSR count). The van der Waals surface area contributed by atoms with Gasteiger partial charge in [0, 0.05) is 5.69 Å². The van der Waals surface area contributed by atoms with E-state index < -0.39 is 0 Å². The molecular weight excluding hydrogens is 309 g/mol. The van der Waals surface area contributed by atoms with Crippen molar-refractivity contribution >= 4 is 23.3 Å². The summed E-state index contributed by atoms with van der Waals surface area (Å²) in [6.07, 6.45) is 0. The van der Waals surface area contributed by atoms with Crippen LogP contribution in [0.5, 0.6) is 0 Å². The Hall–Kier alpha value is -3.23. The summed E-state index contributed by atoms with van der Waals surface area (Å²) in [7, 11) is 0. The standard InChI is InChI=1S/C16H16FN7/c17-11-6-4-5-10(9-11)13-14(23-18)21-16(22-15(13)24-19)20-12-7-2-1-3-8-12/h1-9H,18-19H2,(H3,20,21,22,23,24). The van der Waals surface area contributed by atoms with Crippen LogP contribution in [0.2, 0.25) is 0 Å². The molecule has 0 unspecified atom stereocenters. The third kappa shape index (κ3) is 3.24. The quantitative estimate of drug-likeness (QED) is 0.362. The molecule has 2 aromatic carbocycles. The number of nitrogens with two attached hydrogens (primary N) is 2. The highest BCUT2D eigenvalue weighted by Crippen LogP contribution is 2.33. The monoisotopic (exact) mass is 325 g/mol. The van der Waals surface area contributed by atoms with Gasteiger partial charge in [-0.3, -0.25) is 0 Å². The van der Waals surface area contributed by atoms with Crippen LogP contribution >= 0.6 is 0 Å². The zero-order valence-electron chi connectivity index (χ0n) is 12.6. The van der Waals surface area contributed by atoms with Gasteiger partial charge in [0.05, 0.1) is 5.56 Å². The first-order chi connectivity index (χ1) is 11.7. The third-order valence-corrected chi connectivity index (χ3v) is 3.33. The molecule has 0 saturated heterocycles. The fourth-order valence-corrected chi connectivity index (χ4v) is 2.29. The summed E-state index contributed by atoms with van der Waals surface area (Å²) < 4.78 is 13.5. The minimum absolute atomic E-state index is 0.294. The molecule has 1 heterocycles. The number of benzene rings is 2. The van der Waals surface area contributed by atoms with Crippen molar-refractivity contribution in [3.63, 3.8) is 0 Å². The van der Waals surface area contributed by atoms with Crippen molar-refractivity contribution in [1.29, 1.82) is 0 Å². The van der Waals surface area contributed by atoms with E-state index >= 15 is 0 Å². The normalized spacial score (nSPS) is 10.3. The van der Waals surface area contributed by atoms with Crippen LogP contribution in [0, 0.1) is 5.82 Å². The maximum absolute atomic E-state index is 13.5. The van der Waals surface area contributed by atoms with Crippen LogP contribution in [0.25, 0.3) is 11.1 Å². The van der Waals surface area contributed by atoms with Gasteiger partial charge in [0.2, 0.25) is 5.95 Å². The molecule has 0 atom stereocenters. The number of hydrogen-bond donors (Lipinski definition) is 5. The summed E-state index contributed by atoms with van der Waals surface area (Å²) in [6, 6.07) is 15.4. The molecule has 7 N–H and O–H groups in total. The zero-order chi connectivity index (χ0) is 16.9. The maximum Gasteiger partial charge on any atom is 0.231 e. The van der Waals surface area contributed by atoms with Crippen molar-refractivity contribution in [2.45, 2.75) is 0 Å². The molecule has 0 aliphatic heterocycles. The summed E-state index contributed by atoms with van der Waals surface area (Å²) >= 11 is 0. The second-order valence-electron chi connectivity index (χ2n) is 4.91. The SMILES string of the molecule is NNc1nc(Nc2ccccc2)nc(NN)c1-c1cccc(F)c1. The van der Waals surface area contributed by atoms with E-state index in [0.29, 0.717) is 28.7 Å². The highest BCUT2D eigenvalue weighted by atomic mass is 19.1. The Bertz CT molecular complexity index is 814. The van der Waals surface area contributed by atoms with Crippen molar-refractivity contribution < 1.29 is 4.39 Å². The van der Waals surface area contributed by atoms with Crippen LogP contribution in [0.4, 0.5) is 27.7 Å². The molecule has 1 aromatic heterocycles. The lowest BCUT2D eigenvalue weighted by Crippen LogP contribution is -2.16. The Kier molecular flexibility index (Phi) is 4.50. The van der Waals surface area contributed by atoms with E-state index in [1.807, 2.05) is 30.3 Å². The van der Waals surface area contributed by atoms with Gasteiger partial charge in [0.25, 0.3) is 0 Å². The molecular formula is C16H16FN7. The predicted octanol–water partition coefficient (Wildman–Crippen LogP) is 2.60. The minimum atomic E-state index is -0.384. The van der Waals surface area contributed by atoms with Crippen molar-refractivity contribution in [2.75, 3.05) is 16.2 Å². The fourth-order valence-electron chi connectivity index (χ4n) is 2.29. The number of para-hydroxylation sites is 1. The second kappa shape index (κ2) is 6.90. The van der Waals surface area contributed by atoms with Crippen LogP contribution in [-0.4, -0.2) is 9.97 Å². The average Bonchev–Trinajstić information content (AvgIpc) is 2.61. The Balaban J connectivity index is 2.07. The number of nitrogens with zero attached hydrogens (tertiary/aromatic N) is 2. The smallest absolute Gasteiger partial charge is 0.231 e. The van der Waals surface area contributed by atoms with Gasteiger partial charge in [0.1, 0.15) is 5.82 Å². The van der Waals surface area contributed by atoms with Crippen molar-refractivity contribution in [3.05, 3.63) is 60.4 Å². The van der Waals surface area contributed by atoms with Crippen LogP contribution in [0.15, 0.2) is 54.6 Å².